The summed E-state index contributed by atoms with van der Waals surface area (Å²) in [7, 11) is 0. The second kappa shape index (κ2) is 5.85. The Morgan fingerprint density at radius 3 is 2.55 bits per heavy atom. The van der Waals surface area contributed by atoms with E-state index in [2.05, 4.69) is 22.1 Å². The summed E-state index contributed by atoms with van der Waals surface area (Å²) in [5, 5.41) is 0.830. The highest BCUT2D eigenvalue weighted by Gasteiger charge is 2.19. The van der Waals surface area contributed by atoms with Crippen molar-refractivity contribution in [3.8, 4) is 0 Å². The van der Waals surface area contributed by atoms with E-state index in [9.17, 15) is 4.79 Å². The first-order valence-electron chi connectivity index (χ1n) is 7.16. The highest BCUT2D eigenvalue weighted by Crippen LogP contribution is 2.31. The van der Waals surface area contributed by atoms with Gasteiger partial charge in [-0.1, -0.05) is 30.3 Å². The molecule has 2 aromatic heterocycles. The molecule has 112 valence electrons. The minimum Gasteiger partial charge on any atom is -0.366 e. The molecule has 2 N–H and O–H groups in total. The van der Waals surface area contributed by atoms with Crippen molar-refractivity contribution in [2.24, 2.45) is 5.73 Å². The molecule has 0 fully saturated rings. The quantitative estimate of drug-likeness (QED) is 0.804. The van der Waals surface area contributed by atoms with Crippen molar-refractivity contribution in [3.63, 3.8) is 0 Å². The van der Waals surface area contributed by atoms with Gasteiger partial charge in [-0.15, -0.1) is 11.3 Å². The molecule has 0 aliphatic carbocycles. The van der Waals surface area contributed by atoms with E-state index in [4.69, 9.17) is 5.73 Å². The monoisotopic (exact) mass is 311 g/mol. The van der Waals surface area contributed by atoms with E-state index in [0.717, 1.165) is 39.5 Å². The Balaban J connectivity index is 2.06. The van der Waals surface area contributed by atoms with Gasteiger partial charge in [0.05, 0.1) is 11.3 Å². The van der Waals surface area contributed by atoms with Crippen LogP contribution in [0.1, 0.15) is 32.3 Å². The molecule has 3 aromatic rings. The molecule has 1 aromatic carbocycles. The summed E-state index contributed by atoms with van der Waals surface area (Å²) in [4.78, 5) is 22.6. The second-order valence-corrected chi connectivity index (χ2v) is 6.48. The molecule has 0 aliphatic heterocycles. The molecule has 0 radical (unpaired) electrons. The zero-order valence-electron chi connectivity index (χ0n) is 12.6. The van der Waals surface area contributed by atoms with Gasteiger partial charge in [0, 0.05) is 10.3 Å². The Labute approximate surface area is 133 Å². The fourth-order valence-corrected chi connectivity index (χ4v) is 3.78. The molecule has 3 rings (SSSR count). The number of benzene rings is 1. The number of amides is 1. The fourth-order valence-electron chi connectivity index (χ4n) is 2.68. The van der Waals surface area contributed by atoms with Crippen molar-refractivity contribution in [1.82, 2.24) is 9.97 Å². The maximum atomic E-state index is 11.8. The number of carbonyl (C=O) groups is 1. The van der Waals surface area contributed by atoms with Gasteiger partial charge in [0.25, 0.3) is 5.91 Å². The molecule has 0 spiro atoms. The first-order chi connectivity index (χ1) is 10.6. The lowest BCUT2D eigenvalue weighted by molar-refractivity contribution is 0.100. The zero-order valence-corrected chi connectivity index (χ0v) is 13.4. The predicted molar refractivity (Wildman–Crippen MR) is 89.3 cm³/mol. The van der Waals surface area contributed by atoms with Crippen molar-refractivity contribution in [2.45, 2.75) is 26.7 Å². The molecule has 0 bridgehead atoms. The topological polar surface area (TPSA) is 68.9 Å². The van der Waals surface area contributed by atoms with Crippen LogP contribution in [0.2, 0.25) is 0 Å². The summed E-state index contributed by atoms with van der Waals surface area (Å²) in [5.41, 5.74) is 8.28. The molecule has 0 saturated carbocycles. The van der Waals surface area contributed by atoms with E-state index < -0.39 is 5.91 Å². The number of rotatable bonds is 4. The summed E-state index contributed by atoms with van der Waals surface area (Å²) < 4.78 is 0. The number of primary amides is 1. The summed E-state index contributed by atoms with van der Waals surface area (Å²) in [6.45, 7) is 3.78. The minimum absolute atomic E-state index is 0.405. The van der Waals surface area contributed by atoms with Crippen LogP contribution in [0.4, 0.5) is 0 Å². The molecular formula is C17H17N3OS. The third kappa shape index (κ3) is 2.72. The number of carbonyl (C=O) groups excluding carboxylic acids is 1. The van der Waals surface area contributed by atoms with Crippen LogP contribution in [-0.4, -0.2) is 15.9 Å². The first-order valence-corrected chi connectivity index (χ1v) is 7.98. The standard InChI is InChI=1S/C17H17N3OS/c1-10-14(16(18)21)15-13(19-11(2)20-17(15)22-10)9-8-12-6-4-3-5-7-12/h3-7H,8-9H2,1-2H3,(H2,18,21). The molecule has 0 saturated heterocycles. The number of aromatic nitrogens is 2. The molecule has 0 aliphatic rings. The summed E-state index contributed by atoms with van der Waals surface area (Å²) >= 11 is 1.51. The van der Waals surface area contributed by atoms with E-state index in [1.54, 1.807) is 0 Å². The highest BCUT2D eigenvalue weighted by molar-refractivity contribution is 7.19. The van der Waals surface area contributed by atoms with Gasteiger partial charge in [0.1, 0.15) is 10.7 Å². The Kier molecular flexibility index (Phi) is 3.90. The van der Waals surface area contributed by atoms with E-state index in [0.29, 0.717) is 5.56 Å². The van der Waals surface area contributed by atoms with Crippen molar-refractivity contribution < 1.29 is 4.79 Å². The third-order valence-corrected chi connectivity index (χ3v) is 4.65. The first kappa shape index (κ1) is 14.7. The average Bonchev–Trinajstić information content (AvgIpc) is 2.81. The molecule has 0 atom stereocenters. The van der Waals surface area contributed by atoms with Crippen LogP contribution >= 0.6 is 11.3 Å². The average molecular weight is 311 g/mol. The molecule has 0 unspecified atom stereocenters. The summed E-state index contributed by atoms with van der Waals surface area (Å²) in [6, 6.07) is 10.3. The Morgan fingerprint density at radius 2 is 1.86 bits per heavy atom. The maximum absolute atomic E-state index is 11.8. The Morgan fingerprint density at radius 1 is 1.14 bits per heavy atom. The largest absolute Gasteiger partial charge is 0.366 e. The van der Waals surface area contributed by atoms with E-state index in [1.165, 1.54) is 16.9 Å². The van der Waals surface area contributed by atoms with Crippen molar-refractivity contribution in [1.29, 1.82) is 0 Å². The minimum atomic E-state index is -0.405. The SMILES string of the molecule is Cc1nc(CCc2ccccc2)c2c(C(N)=O)c(C)sc2n1. The smallest absolute Gasteiger partial charge is 0.250 e. The lowest BCUT2D eigenvalue weighted by Crippen LogP contribution is -2.12. The Bertz CT molecular complexity index is 840. The molecule has 5 heteroatoms. The van der Waals surface area contributed by atoms with Crippen molar-refractivity contribution >= 4 is 27.5 Å². The van der Waals surface area contributed by atoms with Gasteiger partial charge in [-0.3, -0.25) is 4.79 Å². The predicted octanol–water partition coefficient (Wildman–Crippen LogP) is 3.19. The third-order valence-electron chi connectivity index (χ3n) is 3.65. The number of hydrogen-bond donors (Lipinski definition) is 1. The van der Waals surface area contributed by atoms with Gasteiger partial charge in [0.2, 0.25) is 0 Å². The van der Waals surface area contributed by atoms with Crippen LogP contribution in [-0.2, 0) is 12.8 Å². The van der Waals surface area contributed by atoms with E-state index >= 15 is 0 Å². The van der Waals surface area contributed by atoms with Gasteiger partial charge < -0.3 is 5.73 Å². The lowest BCUT2D eigenvalue weighted by atomic mass is 10.0. The number of aryl methyl sites for hydroxylation is 4. The summed E-state index contributed by atoms with van der Waals surface area (Å²) in [5.74, 6) is 0.324. The van der Waals surface area contributed by atoms with E-state index in [-0.39, 0.29) is 0 Å². The number of thiophene rings is 1. The van der Waals surface area contributed by atoms with Crippen molar-refractivity contribution in [2.75, 3.05) is 0 Å². The van der Waals surface area contributed by atoms with Gasteiger partial charge >= 0.3 is 0 Å². The fraction of sp³-hybridized carbons (Fsp3) is 0.235. The molecule has 4 nitrogen and oxygen atoms in total. The molecular weight excluding hydrogens is 294 g/mol. The number of nitrogens with two attached hydrogens (primary N) is 1. The number of nitrogens with zero attached hydrogens (tertiary/aromatic N) is 2. The van der Waals surface area contributed by atoms with Crippen LogP contribution in [0, 0.1) is 13.8 Å². The van der Waals surface area contributed by atoms with Gasteiger partial charge in [-0.05, 0) is 32.3 Å². The Hall–Kier alpha value is -2.27. The van der Waals surface area contributed by atoms with Crippen molar-refractivity contribution in [3.05, 3.63) is 57.9 Å². The molecule has 22 heavy (non-hydrogen) atoms. The van der Waals surface area contributed by atoms with Gasteiger partial charge in [-0.25, -0.2) is 9.97 Å². The van der Waals surface area contributed by atoms with Crippen LogP contribution < -0.4 is 5.73 Å². The number of fused-ring (bicyclic) bond motifs is 1. The summed E-state index contributed by atoms with van der Waals surface area (Å²) in [6.07, 6.45) is 1.64. The highest BCUT2D eigenvalue weighted by atomic mass is 32.1. The van der Waals surface area contributed by atoms with Crippen LogP contribution in [0.5, 0.6) is 0 Å². The van der Waals surface area contributed by atoms with Crippen LogP contribution in [0.25, 0.3) is 10.2 Å². The van der Waals surface area contributed by atoms with Gasteiger partial charge in [-0.2, -0.15) is 0 Å². The normalized spacial score (nSPS) is 11.0. The van der Waals surface area contributed by atoms with E-state index in [1.807, 2.05) is 32.0 Å². The second-order valence-electron chi connectivity index (χ2n) is 5.28. The lowest BCUT2D eigenvalue weighted by Gasteiger charge is -2.06. The van der Waals surface area contributed by atoms with Crippen LogP contribution in [0.15, 0.2) is 30.3 Å². The molecule has 1 amide bonds. The van der Waals surface area contributed by atoms with Crippen LogP contribution in [0.3, 0.4) is 0 Å². The maximum Gasteiger partial charge on any atom is 0.250 e. The number of hydrogen-bond acceptors (Lipinski definition) is 4. The van der Waals surface area contributed by atoms with Gasteiger partial charge in [0.15, 0.2) is 0 Å². The molecule has 2 heterocycles. The zero-order chi connectivity index (χ0) is 15.7.